The van der Waals surface area contributed by atoms with E-state index in [1.54, 1.807) is 18.2 Å². The highest BCUT2D eigenvalue weighted by Crippen LogP contribution is 2.21. The van der Waals surface area contributed by atoms with E-state index in [4.69, 9.17) is 4.74 Å². The molecule has 0 saturated carbocycles. The molecule has 0 bridgehead atoms. The summed E-state index contributed by atoms with van der Waals surface area (Å²) in [7, 11) is 0. The SMILES string of the molecule is Cc1cc(NC(=O)COC(=O)CCC(=O)Nc2ccc(Br)cc2C)ccc1Br. The first-order valence-electron chi connectivity index (χ1n) is 8.52. The maximum absolute atomic E-state index is 12.0. The lowest BCUT2D eigenvalue weighted by Gasteiger charge is -2.09. The van der Waals surface area contributed by atoms with Crippen molar-refractivity contribution in [3.05, 3.63) is 56.5 Å². The molecular weight excluding hydrogens is 492 g/mol. The molecule has 2 aromatic rings. The Morgan fingerprint density at radius 2 is 1.64 bits per heavy atom. The van der Waals surface area contributed by atoms with Crippen LogP contribution in [-0.2, 0) is 19.1 Å². The Morgan fingerprint density at radius 1 is 0.893 bits per heavy atom. The summed E-state index contributed by atoms with van der Waals surface area (Å²) in [5, 5.41) is 5.40. The Balaban J connectivity index is 1.72. The largest absolute Gasteiger partial charge is 0.456 e. The number of esters is 1. The molecular formula is C20H20Br2N2O4. The van der Waals surface area contributed by atoms with Gasteiger partial charge < -0.3 is 15.4 Å². The van der Waals surface area contributed by atoms with Crippen molar-refractivity contribution in [3.63, 3.8) is 0 Å². The van der Waals surface area contributed by atoms with Crippen LogP contribution in [0.25, 0.3) is 0 Å². The monoisotopic (exact) mass is 510 g/mol. The Kier molecular flexibility index (Phi) is 8.19. The number of rotatable bonds is 7. The second-order valence-electron chi connectivity index (χ2n) is 6.18. The number of carbonyl (C=O) groups is 3. The molecule has 0 spiro atoms. The molecule has 8 heteroatoms. The number of nitrogens with one attached hydrogen (secondary N) is 2. The van der Waals surface area contributed by atoms with Crippen molar-refractivity contribution in [1.29, 1.82) is 0 Å². The highest BCUT2D eigenvalue weighted by Gasteiger charge is 2.12. The minimum atomic E-state index is -0.607. The van der Waals surface area contributed by atoms with E-state index in [9.17, 15) is 14.4 Å². The lowest BCUT2D eigenvalue weighted by Crippen LogP contribution is -2.22. The van der Waals surface area contributed by atoms with Crippen LogP contribution in [0, 0.1) is 13.8 Å². The van der Waals surface area contributed by atoms with Gasteiger partial charge in [-0.3, -0.25) is 14.4 Å². The van der Waals surface area contributed by atoms with Gasteiger partial charge in [-0.2, -0.15) is 0 Å². The summed E-state index contributed by atoms with van der Waals surface area (Å²) in [5.74, 6) is -1.34. The van der Waals surface area contributed by atoms with Crippen LogP contribution >= 0.6 is 31.9 Å². The molecule has 0 aliphatic rings. The molecule has 0 aliphatic carbocycles. The molecule has 2 N–H and O–H groups in total. The summed E-state index contributed by atoms with van der Waals surface area (Å²) in [4.78, 5) is 35.6. The predicted molar refractivity (Wildman–Crippen MR) is 115 cm³/mol. The zero-order valence-corrected chi connectivity index (χ0v) is 18.6. The van der Waals surface area contributed by atoms with Crippen LogP contribution in [0.5, 0.6) is 0 Å². The second kappa shape index (κ2) is 10.4. The molecule has 2 amide bonds. The predicted octanol–water partition coefficient (Wildman–Crippen LogP) is 4.73. The average molecular weight is 512 g/mol. The number of hydrogen-bond donors (Lipinski definition) is 2. The number of anilines is 2. The number of hydrogen-bond acceptors (Lipinski definition) is 4. The maximum atomic E-state index is 12.0. The van der Waals surface area contributed by atoms with Crippen molar-refractivity contribution >= 4 is 61.0 Å². The van der Waals surface area contributed by atoms with Crippen molar-refractivity contribution < 1.29 is 19.1 Å². The van der Waals surface area contributed by atoms with Crippen LogP contribution in [0.3, 0.4) is 0 Å². The number of halogens is 2. The molecule has 0 aromatic heterocycles. The number of carbonyl (C=O) groups excluding carboxylic acids is 3. The first-order valence-corrected chi connectivity index (χ1v) is 10.1. The van der Waals surface area contributed by atoms with E-state index >= 15 is 0 Å². The third-order valence-corrected chi connectivity index (χ3v) is 5.21. The average Bonchev–Trinajstić information content (AvgIpc) is 2.63. The fraction of sp³-hybridized carbons (Fsp3) is 0.250. The van der Waals surface area contributed by atoms with E-state index in [0.29, 0.717) is 11.4 Å². The number of aryl methyl sites for hydroxylation is 2. The van der Waals surface area contributed by atoms with Crippen LogP contribution in [0.15, 0.2) is 45.3 Å². The van der Waals surface area contributed by atoms with Gasteiger partial charge in [-0.1, -0.05) is 31.9 Å². The van der Waals surface area contributed by atoms with Gasteiger partial charge in [0, 0.05) is 26.7 Å². The van der Waals surface area contributed by atoms with E-state index in [0.717, 1.165) is 20.1 Å². The third kappa shape index (κ3) is 7.09. The topological polar surface area (TPSA) is 84.5 Å². The van der Waals surface area contributed by atoms with Crippen LogP contribution in [0.2, 0.25) is 0 Å². The first-order chi connectivity index (χ1) is 13.2. The van der Waals surface area contributed by atoms with Gasteiger partial charge in [0.25, 0.3) is 5.91 Å². The van der Waals surface area contributed by atoms with E-state index < -0.39 is 18.5 Å². The van der Waals surface area contributed by atoms with Gasteiger partial charge >= 0.3 is 5.97 Å². The summed E-state index contributed by atoms with van der Waals surface area (Å²) < 4.78 is 6.78. The molecule has 6 nitrogen and oxygen atoms in total. The Morgan fingerprint density at radius 3 is 2.32 bits per heavy atom. The molecule has 28 heavy (non-hydrogen) atoms. The van der Waals surface area contributed by atoms with Gasteiger partial charge in [0.2, 0.25) is 5.91 Å². The van der Waals surface area contributed by atoms with Crippen molar-refractivity contribution in [2.75, 3.05) is 17.2 Å². The standard InChI is InChI=1S/C20H20Br2N2O4/c1-12-10-15(4-5-16(12)22)23-19(26)11-28-20(27)8-7-18(25)24-17-6-3-14(21)9-13(17)2/h3-6,9-10H,7-8,11H2,1-2H3,(H,23,26)(H,24,25). The highest BCUT2D eigenvalue weighted by atomic mass is 79.9. The highest BCUT2D eigenvalue weighted by molar-refractivity contribution is 9.10. The Labute approximate surface area is 180 Å². The van der Waals surface area contributed by atoms with Gasteiger partial charge in [0.15, 0.2) is 6.61 Å². The quantitative estimate of drug-likeness (QED) is 0.526. The van der Waals surface area contributed by atoms with E-state index in [1.165, 1.54) is 0 Å². The summed E-state index contributed by atoms with van der Waals surface area (Å²) in [6, 6.07) is 10.9. The minimum Gasteiger partial charge on any atom is -0.456 e. The number of amides is 2. The van der Waals surface area contributed by atoms with Crippen LogP contribution in [-0.4, -0.2) is 24.4 Å². The van der Waals surface area contributed by atoms with E-state index in [1.807, 2.05) is 32.0 Å². The number of benzene rings is 2. The van der Waals surface area contributed by atoms with Gasteiger partial charge in [-0.05, 0) is 61.4 Å². The normalized spacial score (nSPS) is 10.3. The molecule has 2 rings (SSSR count). The Hall–Kier alpha value is -2.19. The zero-order chi connectivity index (χ0) is 20.7. The summed E-state index contributed by atoms with van der Waals surface area (Å²) in [6.07, 6.45) is -0.131. The van der Waals surface area contributed by atoms with E-state index in [-0.39, 0.29) is 18.7 Å². The van der Waals surface area contributed by atoms with Gasteiger partial charge in [-0.15, -0.1) is 0 Å². The Bertz CT molecular complexity index is 900. The fourth-order valence-corrected chi connectivity index (χ4v) is 3.06. The molecule has 0 heterocycles. The molecule has 148 valence electrons. The van der Waals surface area contributed by atoms with Crippen molar-refractivity contribution in [1.82, 2.24) is 0 Å². The molecule has 2 aromatic carbocycles. The molecule has 0 atom stereocenters. The van der Waals surface area contributed by atoms with Crippen molar-refractivity contribution in [2.24, 2.45) is 0 Å². The summed E-state index contributed by atoms with van der Waals surface area (Å²) in [6.45, 7) is 3.38. The molecule has 0 unspecified atom stereocenters. The van der Waals surface area contributed by atoms with Gasteiger partial charge in [-0.25, -0.2) is 0 Å². The summed E-state index contributed by atoms with van der Waals surface area (Å²) in [5.41, 5.74) is 3.18. The lowest BCUT2D eigenvalue weighted by atomic mass is 10.2. The van der Waals surface area contributed by atoms with Crippen molar-refractivity contribution in [3.8, 4) is 0 Å². The van der Waals surface area contributed by atoms with E-state index in [2.05, 4.69) is 42.5 Å². The fourth-order valence-electron chi connectivity index (χ4n) is 2.33. The van der Waals surface area contributed by atoms with Gasteiger partial charge in [0.05, 0.1) is 6.42 Å². The molecule has 0 fully saturated rings. The second-order valence-corrected chi connectivity index (χ2v) is 7.95. The van der Waals surface area contributed by atoms with Crippen molar-refractivity contribution in [2.45, 2.75) is 26.7 Å². The molecule has 0 saturated heterocycles. The third-order valence-electron chi connectivity index (χ3n) is 3.82. The minimum absolute atomic E-state index is 0.0259. The maximum Gasteiger partial charge on any atom is 0.306 e. The van der Waals surface area contributed by atoms with Crippen LogP contribution in [0.4, 0.5) is 11.4 Å². The number of ether oxygens (including phenoxy) is 1. The zero-order valence-electron chi connectivity index (χ0n) is 15.5. The summed E-state index contributed by atoms with van der Waals surface area (Å²) >= 11 is 6.75. The van der Waals surface area contributed by atoms with Crippen LogP contribution < -0.4 is 10.6 Å². The lowest BCUT2D eigenvalue weighted by molar-refractivity contribution is -0.147. The molecule has 0 aliphatic heterocycles. The smallest absolute Gasteiger partial charge is 0.306 e. The first kappa shape index (κ1) is 22.1. The van der Waals surface area contributed by atoms with Crippen LogP contribution in [0.1, 0.15) is 24.0 Å². The van der Waals surface area contributed by atoms with Gasteiger partial charge in [0.1, 0.15) is 0 Å². The molecule has 0 radical (unpaired) electrons.